The molecule has 11 rings (SSSR count). The van der Waals surface area contributed by atoms with Crippen LogP contribution < -0.4 is 9.80 Å². The van der Waals surface area contributed by atoms with Crippen LogP contribution in [0.1, 0.15) is 0 Å². The Morgan fingerprint density at radius 2 is 0.815 bits per heavy atom. The zero-order valence-corrected chi connectivity index (χ0v) is 29.4. The summed E-state index contributed by atoms with van der Waals surface area (Å²) in [6, 6.07) is 72.1. The van der Waals surface area contributed by atoms with Gasteiger partial charge in [0.2, 0.25) is 0 Å². The molecule has 0 N–H and O–H groups in total. The Hall–Kier alpha value is -7.30. The van der Waals surface area contributed by atoms with E-state index in [-0.39, 0.29) is 0 Å². The average Bonchev–Trinajstić information content (AvgIpc) is 3.80. The summed E-state index contributed by atoms with van der Waals surface area (Å²) in [5.41, 5.74) is 15.0. The quantitative estimate of drug-likeness (QED) is 0.179. The summed E-state index contributed by atoms with van der Waals surface area (Å²) >= 11 is 0. The number of nitrogens with zero attached hydrogens (tertiary/aromatic N) is 4. The lowest BCUT2D eigenvalue weighted by molar-refractivity contribution is 1.11. The van der Waals surface area contributed by atoms with Crippen LogP contribution in [0.2, 0.25) is 0 Å². The Bertz CT molecular complexity index is 2950. The van der Waals surface area contributed by atoms with Crippen LogP contribution >= 0.6 is 0 Å². The van der Waals surface area contributed by atoms with Crippen molar-refractivity contribution >= 4 is 66.8 Å². The van der Waals surface area contributed by atoms with Crippen LogP contribution in [0.4, 0.5) is 34.1 Å². The first kappa shape index (κ1) is 30.3. The van der Waals surface area contributed by atoms with Gasteiger partial charge in [-0.05, 0) is 78.4 Å². The molecule has 2 aromatic heterocycles. The average molecular weight is 691 g/mol. The van der Waals surface area contributed by atoms with Crippen LogP contribution in [-0.4, -0.2) is 9.13 Å². The van der Waals surface area contributed by atoms with Crippen molar-refractivity contribution in [1.29, 1.82) is 0 Å². The van der Waals surface area contributed by atoms with Crippen molar-refractivity contribution in [3.05, 3.63) is 206 Å². The Balaban J connectivity index is 1.18. The van der Waals surface area contributed by atoms with Crippen LogP contribution in [0.25, 0.3) is 55.2 Å². The number of aromatic nitrogens is 2. The molecule has 0 radical (unpaired) electrons. The second-order valence-electron chi connectivity index (χ2n) is 13.8. The normalized spacial score (nSPS) is 12.4. The van der Waals surface area contributed by atoms with Gasteiger partial charge in [-0.15, -0.1) is 0 Å². The predicted octanol–water partition coefficient (Wildman–Crippen LogP) is 13.6. The lowest BCUT2D eigenvalue weighted by Crippen LogP contribution is -2.23. The first-order chi connectivity index (χ1) is 26.8. The van der Waals surface area contributed by atoms with E-state index in [4.69, 9.17) is 0 Å². The molecule has 10 aromatic rings. The van der Waals surface area contributed by atoms with E-state index in [1.54, 1.807) is 0 Å². The molecule has 0 amide bonds. The molecule has 0 unspecified atom stereocenters. The van der Waals surface area contributed by atoms with Crippen LogP contribution in [0, 0.1) is 0 Å². The first-order valence-electron chi connectivity index (χ1n) is 18.5. The zero-order valence-electron chi connectivity index (χ0n) is 29.4. The van der Waals surface area contributed by atoms with Gasteiger partial charge in [0.15, 0.2) is 0 Å². The van der Waals surface area contributed by atoms with Gasteiger partial charge < -0.3 is 18.9 Å². The molecular weight excluding hydrogens is 657 g/mol. The molecule has 0 fully saturated rings. The maximum atomic E-state index is 2.47. The van der Waals surface area contributed by atoms with Crippen molar-refractivity contribution in [2.45, 2.75) is 0 Å². The molecule has 1 aliphatic rings. The molecule has 0 spiro atoms. The summed E-state index contributed by atoms with van der Waals surface area (Å²) < 4.78 is 4.86. The van der Waals surface area contributed by atoms with Gasteiger partial charge in [-0.25, -0.2) is 0 Å². The van der Waals surface area contributed by atoms with Gasteiger partial charge in [0, 0.05) is 50.7 Å². The molecule has 1 aliphatic heterocycles. The van der Waals surface area contributed by atoms with Crippen molar-refractivity contribution in [3.8, 4) is 22.5 Å². The molecule has 4 heteroatoms. The van der Waals surface area contributed by atoms with E-state index < -0.39 is 0 Å². The molecule has 0 saturated carbocycles. The third-order valence-corrected chi connectivity index (χ3v) is 10.8. The highest BCUT2D eigenvalue weighted by Crippen LogP contribution is 2.54. The fraction of sp³-hybridized carbons (Fsp3) is 0. The van der Waals surface area contributed by atoms with Gasteiger partial charge in [-0.3, -0.25) is 0 Å². The Morgan fingerprint density at radius 3 is 1.48 bits per heavy atom. The minimum absolute atomic E-state index is 1.10. The molecule has 0 atom stereocenters. The summed E-state index contributed by atoms with van der Waals surface area (Å²) in [7, 11) is 0. The Morgan fingerprint density at radius 1 is 0.315 bits per heavy atom. The predicted molar refractivity (Wildman–Crippen MR) is 226 cm³/mol. The van der Waals surface area contributed by atoms with Crippen molar-refractivity contribution in [2.24, 2.45) is 0 Å². The number of fused-ring (bicyclic) bond motifs is 7. The fourth-order valence-corrected chi connectivity index (χ4v) is 8.52. The molecule has 4 nitrogen and oxygen atoms in total. The molecule has 8 aromatic carbocycles. The molecule has 0 aliphatic carbocycles. The van der Waals surface area contributed by atoms with E-state index in [0.29, 0.717) is 0 Å². The topological polar surface area (TPSA) is 16.3 Å². The number of benzene rings is 8. The monoisotopic (exact) mass is 690 g/mol. The van der Waals surface area contributed by atoms with E-state index in [0.717, 1.165) is 45.5 Å². The van der Waals surface area contributed by atoms with Crippen LogP contribution in [0.3, 0.4) is 0 Å². The number of anilines is 6. The molecule has 54 heavy (non-hydrogen) atoms. The molecule has 0 bridgehead atoms. The zero-order chi connectivity index (χ0) is 35.6. The summed E-state index contributed by atoms with van der Waals surface area (Å²) in [6.07, 6.45) is 2.31. The third-order valence-electron chi connectivity index (χ3n) is 10.8. The maximum absolute atomic E-state index is 2.47. The minimum atomic E-state index is 1.10. The van der Waals surface area contributed by atoms with Crippen molar-refractivity contribution in [1.82, 2.24) is 9.13 Å². The maximum Gasteiger partial charge on any atom is 0.0788 e. The molecule has 3 heterocycles. The second kappa shape index (κ2) is 12.1. The van der Waals surface area contributed by atoms with E-state index in [9.17, 15) is 0 Å². The number of hydrogen-bond donors (Lipinski definition) is 0. The van der Waals surface area contributed by atoms with Crippen LogP contribution in [0.5, 0.6) is 0 Å². The van der Waals surface area contributed by atoms with E-state index in [2.05, 4.69) is 225 Å². The van der Waals surface area contributed by atoms with Gasteiger partial charge in [0.1, 0.15) is 0 Å². The van der Waals surface area contributed by atoms with Crippen LogP contribution in [-0.2, 0) is 0 Å². The van der Waals surface area contributed by atoms with E-state index in [1.807, 2.05) is 0 Å². The van der Waals surface area contributed by atoms with Gasteiger partial charge in [0.05, 0.1) is 39.3 Å². The highest BCUT2D eigenvalue weighted by molar-refractivity contribution is 6.20. The van der Waals surface area contributed by atoms with Crippen molar-refractivity contribution < 1.29 is 0 Å². The van der Waals surface area contributed by atoms with Crippen molar-refractivity contribution in [2.75, 3.05) is 9.80 Å². The number of hydrogen-bond acceptors (Lipinski definition) is 2. The third kappa shape index (κ3) is 4.57. The smallest absolute Gasteiger partial charge is 0.0788 e. The SMILES string of the molecule is c1ccc(-c2cn(-c3ccccc3)c3c2ccc2c4ccccc4n(-c4cccc(N5c6ccccc6N(c6ccccc6)c6ccccc65)c4)c23)cc1. The Kier molecular flexibility index (Phi) is 6.82. The second-order valence-corrected chi connectivity index (χ2v) is 13.8. The molecular formula is C50H34N4. The van der Waals surface area contributed by atoms with E-state index in [1.165, 1.54) is 43.8 Å². The van der Waals surface area contributed by atoms with Gasteiger partial charge in [0.25, 0.3) is 0 Å². The van der Waals surface area contributed by atoms with E-state index >= 15 is 0 Å². The molecule has 254 valence electrons. The highest BCUT2D eigenvalue weighted by atomic mass is 15.3. The van der Waals surface area contributed by atoms with Gasteiger partial charge in [-0.1, -0.05) is 127 Å². The lowest BCUT2D eigenvalue weighted by atomic mass is 10.0. The number of para-hydroxylation sites is 7. The summed E-state index contributed by atoms with van der Waals surface area (Å²) in [4.78, 5) is 4.79. The lowest BCUT2D eigenvalue weighted by Gasteiger charge is -2.40. The summed E-state index contributed by atoms with van der Waals surface area (Å²) in [5, 5.41) is 3.68. The standard InChI is InChI=1S/C50H34N4/c1-4-17-35(18-5-1)43-34-51(36-19-6-2-7-20-36)49-42(43)32-31-41-40-25-10-11-26-44(40)54(50(41)49)39-24-16-23-38(33-39)53-47-29-14-12-27-45(47)52(37-21-8-3-9-22-37)46-28-13-15-30-48(46)53/h1-34H. The summed E-state index contributed by atoms with van der Waals surface area (Å²) in [6.45, 7) is 0. The number of rotatable bonds is 5. The Labute approximate surface area is 313 Å². The van der Waals surface area contributed by atoms with Gasteiger partial charge >= 0.3 is 0 Å². The van der Waals surface area contributed by atoms with Crippen LogP contribution in [0.15, 0.2) is 206 Å². The van der Waals surface area contributed by atoms with Crippen molar-refractivity contribution in [3.63, 3.8) is 0 Å². The molecule has 0 saturated heterocycles. The largest absolute Gasteiger partial charge is 0.314 e. The fourth-order valence-electron chi connectivity index (χ4n) is 8.52. The van der Waals surface area contributed by atoms with Gasteiger partial charge in [-0.2, -0.15) is 0 Å². The summed E-state index contributed by atoms with van der Waals surface area (Å²) in [5.74, 6) is 0. The minimum Gasteiger partial charge on any atom is -0.314 e. The highest BCUT2D eigenvalue weighted by Gasteiger charge is 2.30. The first-order valence-corrected chi connectivity index (χ1v) is 18.5.